The lowest BCUT2D eigenvalue weighted by Crippen LogP contribution is -2.04. The van der Waals surface area contributed by atoms with Gasteiger partial charge in [-0.2, -0.15) is 9.78 Å². The maximum atomic E-state index is 5.31. The zero-order valence-corrected chi connectivity index (χ0v) is 15.3. The molecule has 4 aromatic rings. The summed E-state index contributed by atoms with van der Waals surface area (Å²) in [6, 6.07) is 18.2. The number of nitrogens with zero attached hydrogens (tertiary/aromatic N) is 6. The maximum absolute atomic E-state index is 5.31. The van der Waals surface area contributed by atoms with Gasteiger partial charge in [0.15, 0.2) is 5.82 Å². The first-order valence-corrected chi connectivity index (χ1v) is 8.91. The van der Waals surface area contributed by atoms with Crippen molar-refractivity contribution < 1.29 is 4.52 Å². The fourth-order valence-electron chi connectivity index (χ4n) is 2.77. The van der Waals surface area contributed by atoms with Crippen molar-refractivity contribution in [1.82, 2.24) is 30.3 Å². The van der Waals surface area contributed by atoms with Crippen molar-refractivity contribution in [2.24, 2.45) is 0 Å². The highest BCUT2D eigenvalue weighted by atomic mass is 16.5. The van der Waals surface area contributed by atoms with Gasteiger partial charge in [-0.1, -0.05) is 73.6 Å². The summed E-state index contributed by atoms with van der Waals surface area (Å²) in [7, 11) is 0. The summed E-state index contributed by atoms with van der Waals surface area (Å²) in [6.45, 7) is 4.62. The Morgan fingerprint density at radius 3 is 2.52 bits per heavy atom. The molecule has 136 valence electrons. The predicted octanol–water partition coefficient (Wildman–Crippen LogP) is 3.49. The zero-order valence-electron chi connectivity index (χ0n) is 15.3. The minimum atomic E-state index is 0.291. The standard InChI is InChI=1S/C20H20N6O/c1-14(2)16-8-10-17(11-9-16)20-22-25-26(23-20)13-19-21-18(24-27-19)12-15-6-4-3-5-7-15/h3-11,14H,12-13H2,1-2H3. The van der Waals surface area contributed by atoms with Crippen LogP contribution >= 0.6 is 0 Å². The van der Waals surface area contributed by atoms with Crippen LogP contribution in [0.15, 0.2) is 59.1 Å². The van der Waals surface area contributed by atoms with Gasteiger partial charge in [0.1, 0.15) is 6.54 Å². The van der Waals surface area contributed by atoms with Gasteiger partial charge in [0.2, 0.25) is 11.7 Å². The van der Waals surface area contributed by atoms with E-state index < -0.39 is 0 Å². The van der Waals surface area contributed by atoms with Crippen LogP contribution in [0.1, 0.15) is 42.6 Å². The van der Waals surface area contributed by atoms with Crippen LogP contribution < -0.4 is 0 Å². The van der Waals surface area contributed by atoms with Gasteiger partial charge in [0.25, 0.3) is 0 Å². The fraction of sp³-hybridized carbons (Fsp3) is 0.250. The molecule has 2 aromatic heterocycles. The van der Waals surface area contributed by atoms with Crippen LogP contribution in [0.4, 0.5) is 0 Å². The molecule has 0 saturated carbocycles. The lowest BCUT2D eigenvalue weighted by atomic mass is 10.0. The van der Waals surface area contributed by atoms with Gasteiger partial charge in [-0.3, -0.25) is 0 Å². The summed E-state index contributed by atoms with van der Waals surface area (Å²) in [5.74, 6) is 2.17. The Morgan fingerprint density at radius 1 is 1.00 bits per heavy atom. The molecule has 2 aromatic carbocycles. The Bertz CT molecular complexity index is 1000. The third-order valence-corrected chi connectivity index (χ3v) is 4.28. The van der Waals surface area contributed by atoms with Gasteiger partial charge in [0, 0.05) is 12.0 Å². The Hall–Kier alpha value is -3.35. The number of tetrazole rings is 1. The third kappa shape index (κ3) is 4.08. The molecule has 0 aliphatic rings. The van der Waals surface area contributed by atoms with Crippen molar-refractivity contribution in [2.75, 3.05) is 0 Å². The smallest absolute Gasteiger partial charge is 0.250 e. The molecular weight excluding hydrogens is 340 g/mol. The molecule has 0 bridgehead atoms. The van der Waals surface area contributed by atoms with E-state index in [1.807, 2.05) is 42.5 Å². The zero-order chi connectivity index (χ0) is 18.6. The molecule has 0 N–H and O–H groups in total. The van der Waals surface area contributed by atoms with Crippen LogP contribution in [-0.2, 0) is 13.0 Å². The SMILES string of the molecule is CC(C)c1ccc(-c2nnn(Cc3nc(Cc4ccccc4)no3)n2)cc1. The van der Waals surface area contributed by atoms with Gasteiger partial charge in [-0.25, -0.2) is 0 Å². The molecule has 7 heteroatoms. The van der Waals surface area contributed by atoms with E-state index in [1.165, 1.54) is 10.4 Å². The summed E-state index contributed by atoms with van der Waals surface area (Å²) in [4.78, 5) is 5.87. The van der Waals surface area contributed by atoms with E-state index in [-0.39, 0.29) is 0 Å². The first-order chi connectivity index (χ1) is 13.2. The number of hydrogen-bond acceptors (Lipinski definition) is 6. The Kier molecular flexibility index (Phi) is 4.74. The predicted molar refractivity (Wildman–Crippen MR) is 100.0 cm³/mol. The summed E-state index contributed by atoms with van der Waals surface area (Å²) in [6.07, 6.45) is 0.628. The lowest BCUT2D eigenvalue weighted by Gasteiger charge is -2.04. The van der Waals surface area contributed by atoms with Crippen molar-refractivity contribution >= 4 is 0 Å². The van der Waals surface area contributed by atoms with Crippen LogP contribution in [0.3, 0.4) is 0 Å². The first-order valence-electron chi connectivity index (χ1n) is 8.91. The second-order valence-corrected chi connectivity index (χ2v) is 6.69. The molecule has 0 atom stereocenters. The lowest BCUT2D eigenvalue weighted by molar-refractivity contribution is 0.353. The Balaban J connectivity index is 1.43. The molecule has 0 fully saturated rings. The van der Waals surface area contributed by atoms with Gasteiger partial charge < -0.3 is 4.52 Å². The molecular formula is C20H20N6O. The highest BCUT2D eigenvalue weighted by molar-refractivity contribution is 5.54. The second-order valence-electron chi connectivity index (χ2n) is 6.69. The molecule has 0 unspecified atom stereocenters. The molecule has 0 aliphatic heterocycles. The molecule has 0 spiro atoms. The Labute approximate surface area is 157 Å². The Morgan fingerprint density at radius 2 is 1.78 bits per heavy atom. The van der Waals surface area contributed by atoms with Crippen molar-refractivity contribution in [3.8, 4) is 11.4 Å². The van der Waals surface area contributed by atoms with Crippen LogP contribution in [0.5, 0.6) is 0 Å². The summed E-state index contributed by atoms with van der Waals surface area (Å²) in [5, 5.41) is 16.6. The molecule has 27 heavy (non-hydrogen) atoms. The fourth-order valence-corrected chi connectivity index (χ4v) is 2.77. The van der Waals surface area contributed by atoms with Crippen LogP contribution in [0, 0.1) is 0 Å². The average Bonchev–Trinajstić information content (AvgIpc) is 3.33. The third-order valence-electron chi connectivity index (χ3n) is 4.28. The molecule has 0 aliphatic carbocycles. The van der Waals surface area contributed by atoms with Crippen molar-refractivity contribution in [1.29, 1.82) is 0 Å². The summed E-state index contributed by atoms with van der Waals surface area (Å²) in [5.41, 5.74) is 3.35. The molecule has 2 heterocycles. The highest BCUT2D eigenvalue weighted by Crippen LogP contribution is 2.19. The van der Waals surface area contributed by atoms with Crippen LogP contribution in [0.25, 0.3) is 11.4 Å². The summed E-state index contributed by atoms with van der Waals surface area (Å²) >= 11 is 0. The molecule has 0 radical (unpaired) electrons. The molecule has 0 saturated heterocycles. The number of aromatic nitrogens is 6. The van der Waals surface area contributed by atoms with E-state index in [0.29, 0.717) is 36.4 Å². The number of benzene rings is 2. The minimum absolute atomic E-state index is 0.291. The first kappa shape index (κ1) is 17.1. The monoisotopic (exact) mass is 360 g/mol. The van der Waals surface area contributed by atoms with E-state index in [4.69, 9.17) is 4.52 Å². The van der Waals surface area contributed by atoms with Crippen molar-refractivity contribution in [3.63, 3.8) is 0 Å². The van der Waals surface area contributed by atoms with Gasteiger partial charge in [0.05, 0.1) is 0 Å². The van der Waals surface area contributed by atoms with Crippen LogP contribution in [-0.4, -0.2) is 30.3 Å². The largest absolute Gasteiger partial charge is 0.337 e. The van der Waals surface area contributed by atoms with E-state index >= 15 is 0 Å². The van der Waals surface area contributed by atoms with Gasteiger partial charge in [-0.15, -0.1) is 10.2 Å². The number of hydrogen-bond donors (Lipinski definition) is 0. The quantitative estimate of drug-likeness (QED) is 0.523. The van der Waals surface area contributed by atoms with E-state index in [1.54, 1.807) is 0 Å². The second kappa shape index (κ2) is 7.49. The van der Waals surface area contributed by atoms with Crippen molar-refractivity contribution in [3.05, 3.63) is 77.4 Å². The molecule has 7 nitrogen and oxygen atoms in total. The number of rotatable bonds is 6. The van der Waals surface area contributed by atoms with Gasteiger partial charge >= 0.3 is 0 Å². The normalized spacial score (nSPS) is 11.2. The van der Waals surface area contributed by atoms with E-state index in [9.17, 15) is 0 Å². The van der Waals surface area contributed by atoms with Crippen LogP contribution in [0.2, 0.25) is 0 Å². The summed E-state index contributed by atoms with van der Waals surface area (Å²) < 4.78 is 5.31. The minimum Gasteiger partial charge on any atom is -0.337 e. The van der Waals surface area contributed by atoms with Gasteiger partial charge in [-0.05, 0) is 22.3 Å². The van der Waals surface area contributed by atoms with Crippen molar-refractivity contribution in [2.45, 2.75) is 32.7 Å². The average molecular weight is 360 g/mol. The van der Waals surface area contributed by atoms with E-state index in [2.05, 4.69) is 51.5 Å². The molecule has 0 amide bonds. The highest BCUT2D eigenvalue weighted by Gasteiger charge is 2.11. The maximum Gasteiger partial charge on any atom is 0.250 e. The van der Waals surface area contributed by atoms with E-state index in [0.717, 1.165) is 11.1 Å². The molecule has 4 rings (SSSR count). The topological polar surface area (TPSA) is 82.5 Å².